The lowest BCUT2D eigenvalue weighted by molar-refractivity contribution is -0.144. The highest BCUT2D eigenvalue weighted by molar-refractivity contribution is 5.75. The highest BCUT2D eigenvalue weighted by atomic mass is 16.5. The summed E-state index contributed by atoms with van der Waals surface area (Å²) in [6.07, 6.45) is 10.5. The van der Waals surface area contributed by atoms with Gasteiger partial charge in [0.1, 0.15) is 6.04 Å². The number of ether oxygens (including phenoxy) is 1. The Balaban J connectivity index is 1.69. The second-order valence-electron chi connectivity index (χ2n) is 6.62. The van der Waals surface area contributed by atoms with E-state index < -0.39 is 0 Å². The summed E-state index contributed by atoms with van der Waals surface area (Å²) >= 11 is 0. The van der Waals surface area contributed by atoms with E-state index in [0.29, 0.717) is 5.92 Å². The molecule has 2 atom stereocenters. The molecule has 2 aliphatic rings. The normalized spacial score (nSPS) is 35.9. The Morgan fingerprint density at radius 1 is 1.11 bits per heavy atom. The van der Waals surface area contributed by atoms with E-state index in [1.807, 2.05) is 0 Å². The summed E-state index contributed by atoms with van der Waals surface area (Å²) in [4.78, 5) is 11.6. The SMILES string of the molecule is COC(=O)[C@H]1C[C@H](CCC2CCC(C)CC2)CCN1. The van der Waals surface area contributed by atoms with E-state index >= 15 is 0 Å². The lowest BCUT2D eigenvalue weighted by atomic mass is 9.78. The van der Waals surface area contributed by atoms with Crippen molar-refractivity contribution in [3.05, 3.63) is 0 Å². The maximum absolute atomic E-state index is 11.6. The van der Waals surface area contributed by atoms with Gasteiger partial charge in [0.25, 0.3) is 0 Å². The second-order valence-corrected chi connectivity index (χ2v) is 6.62. The van der Waals surface area contributed by atoms with Crippen LogP contribution in [-0.2, 0) is 9.53 Å². The number of hydrogen-bond donors (Lipinski definition) is 1. The minimum Gasteiger partial charge on any atom is -0.468 e. The zero-order valence-corrected chi connectivity index (χ0v) is 12.5. The average Bonchev–Trinajstić information content (AvgIpc) is 2.46. The second kappa shape index (κ2) is 7.28. The monoisotopic (exact) mass is 267 g/mol. The summed E-state index contributed by atoms with van der Waals surface area (Å²) < 4.78 is 4.84. The van der Waals surface area contributed by atoms with Gasteiger partial charge in [0.05, 0.1) is 7.11 Å². The van der Waals surface area contributed by atoms with Crippen molar-refractivity contribution in [3.8, 4) is 0 Å². The molecule has 2 rings (SSSR count). The molecule has 1 aliphatic carbocycles. The first-order chi connectivity index (χ1) is 9.19. The van der Waals surface area contributed by atoms with Crippen LogP contribution in [0.25, 0.3) is 0 Å². The van der Waals surface area contributed by atoms with E-state index in [9.17, 15) is 4.79 Å². The maximum Gasteiger partial charge on any atom is 0.322 e. The van der Waals surface area contributed by atoms with Crippen LogP contribution < -0.4 is 5.32 Å². The van der Waals surface area contributed by atoms with Gasteiger partial charge < -0.3 is 10.1 Å². The third kappa shape index (κ3) is 4.48. The molecule has 3 heteroatoms. The quantitative estimate of drug-likeness (QED) is 0.795. The fourth-order valence-corrected chi connectivity index (χ4v) is 3.67. The van der Waals surface area contributed by atoms with Crippen molar-refractivity contribution >= 4 is 5.97 Å². The average molecular weight is 267 g/mol. The van der Waals surface area contributed by atoms with E-state index in [-0.39, 0.29) is 12.0 Å². The van der Waals surface area contributed by atoms with Gasteiger partial charge in [-0.1, -0.05) is 45.4 Å². The molecule has 0 unspecified atom stereocenters. The number of hydrogen-bond acceptors (Lipinski definition) is 3. The molecule has 0 radical (unpaired) electrons. The van der Waals surface area contributed by atoms with Crippen LogP contribution in [-0.4, -0.2) is 25.7 Å². The molecule has 3 nitrogen and oxygen atoms in total. The Bertz CT molecular complexity index is 284. The molecule has 1 N–H and O–H groups in total. The van der Waals surface area contributed by atoms with Crippen molar-refractivity contribution in [3.63, 3.8) is 0 Å². The summed E-state index contributed by atoms with van der Waals surface area (Å²) in [5.74, 6) is 2.52. The summed E-state index contributed by atoms with van der Waals surface area (Å²) in [5.41, 5.74) is 0. The van der Waals surface area contributed by atoms with Crippen LogP contribution >= 0.6 is 0 Å². The Morgan fingerprint density at radius 2 is 1.79 bits per heavy atom. The molecule has 1 saturated heterocycles. The number of nitrogens with one attached hydrogen (secondary N) is 1. The standard InChI is InChI=1S/C16H29NO2/c1-12-3-5-13(6-4-12)7-8-14-9-10-17-15(11-14)16(18)19-2/h12-15,17H,3-11H2,1-2H3/t12?,13?,14-,15-/m1/s1. The molecule has 1 saturated carbocycles. The number of esters is 1. The van der Waals surface area contributed by atoms with Gasteiger partial charge in [0, 0.05) is 0 Å². The smallest absolute Gasteiger partial charge is 0.322 e. The summed E-state index contributed by atoms with van der Waals surface area (Å²) in [6, 6.07) is -0.0601. The zero-order valence-electron chi connectivity index (χ0n) is 12.5. The van der Waals surface area contributed by atoms with Crippen LogP contribution in [0.1, 0.15) is 58.3 Å². The van der Waals surface area contributed by atoms with Crippen LogP contribution in [0.5, 0.6) is 0 Å². The largest absolute Gasteiger partial charge is 0.468 e. The van der Waals surface area contributed by atoms with Crippen molar-refractivity contribution < 1.29 is 9.53 Å². The summed E-state index contributed by atoms with van der Waals surface area (Å²) in [6.45, 7) is 3.34. The highest BCUT2D eigenvalue weighted by Crippen LogP contribution is 2.33. The highest BCUT2D eigenvalue weighted by Gasteiger charge is 2.28. The maximum atomic E-state index is 11.6. The van der Waals surface area contributed by atoms with E-state index in [0.717, 1.165) is 24.8 Å². The third-order valence-electron chi connectivity index (χ3n) is 5.12. The number of carbonyl (C=O) groups is 1. The Morgan fingerprint density at radius 3 is 2.47 bits per heavy atom. The Hall–Kier alpha value is -0.570. The van der Waals surface area contributed by atoms with E-state index in [4.69, 9.17) is 4.74 Å². The fourth-order valence-electron chi connectivity index (χ4n) is 3.67. The molecular formula is C16H29NO2. The van der Waals surface area contributed by atoms with Crippen molar-refractivity contribution in [2.75, 3.05) is 13.7 Å². The molecule has 1 heterocycles. The van der Waals surface area contributed by atoms with Crippen LogP contribution in [0.3, 0.4) is 0 Å². The number of piperidine rings is 1. The number of carbonyl (C=O) groups excluding carboxylic acids is 1. The molecule has 0 aromatic rings. The van der Waals surface area contributed by atoms with Crippen molar-refractivity contribution in [1.29, 1.82) is 0 Å². The molecule has 0 bridgehead atoms. The fraction of sp³-hybridized carbons (Fsp3) is 0.938. The van der Waals surface area contributed by atoms with Crippen LogP contribution in [0.2, 0.25) is 0 Å². The van der Waals surface area contributed by atoms with Crippen molar-refractivity contribution in [2.24, 2.45) is 17.8 Å². The molecule has 110 valence electrons. The lowest BCUT2D eigenvalue weighted by Crippen LogP contribution is -2.44. The van der Waals surface area contributed by atoms with Gasteiger partial charge in [0.2, 0.25) is 0 Å². The molecule has 0 amide bonds. The molecule has 0 spiro atoms. The number of rotatable bonds is 4. The van der Waals surface area contributed by atoms with Crippen LogP contribution in [0.4, 0.5) is 0 Å². The van der Waals surface area contributed by atoms with Gasteiger partial charge in [-0.15, -0.1) is 0 Å². The van der Waals surface area contributed by atoms with E-state index in [1.54, 1.807) is 0 Å². The number of methoxy groups -OCH3 is 1. The van der Waals surface area contributed by atoms with Gasteiger partial charge in [0.15, 0.2) is 0 Å². The van der Waals surface area contributed by atoms with Gasteiger partial charge in [-0.25, -0.2) is 0 Å². The van der Waals surface area contributed by atoms with Gasteiger partial charge >= 0.3 is 5.97 Å². The predicted octanol–water partition coefficient (Wildman–Crippen LogP) is 3.13. The van der Waals surface area contributed by atoms with Crippen molar-refractivity contribution in [2.45, 2.75) is 64.3 Å². The summed E-state index contributed by atoms with van der Waals surface area (Å²) in [7, 11) is 1.48. The predicted molar refractivity (Wildman–Crippen MR) is 76.9 cm³/mol. The first-order valence-electron chi connectivity index (χ1n) is 8.00. The molecule has 1 aliphatic heterocycles. The lowest BCUT2D eigenvalue weighted by Gasteiger charge is -2.31. The molecular weight excluding hydrogens is 238 g/mol. The third-order valence-corrected chi connectivity index (χ3v) is 5.12. The van der Waals surface area contributed by atoms with Crippen LogP contribution in [0, 0.1) is 17.8 Å². The van der Waals surface area contributed by atoms with Gasteiger partial charge in [-0.3, -0.25) is 4.79 Å². The van der Waals surface area contributed by atoms with E-state index in [1.165, 1.54) is 52.1 Å². The van der Waals surface area contributed by atoms with Crippen LogP contribution in [0.15, 0.2) is 0 Å². The molecule has 0 aromatic heterocycles. The molecule has 19 heavy (non-hydrogen) atoms. The van der Waals surface area contributed by atoms with E-state index in [2.05, 4.69) is 12.2 Å². The first-order valence-corrected chi connectivity index (χ1v) is 8.00. The van der Waals surface area contributed by atoms with Gasteiger partial charge in [-0.05, 0) is 37.1 Å². The molecule has 2 fully saturated rings. The summed E-state index contributed by atoms with van der Waals surface area (Å²) in [5, 5.41) is 3.27. The Kier molecular flexibility index (Phi) is 5.68. The minimum absolute atomic E-state index is 0.0601. The Labute approximate surface area is 117 Å². The molecule has 0 aromatic carbocycles. The topological polar surface area (TPSA) is 38.3 Å². The zero-order chi connectivity index (χ0) is 13.7. The van der Waals surface area contributed by atoms with Crippen molar-refractivity contribution in [1.82, 2.24) is 5.32 Å². The minimum atomic E-state index is -0.0869. The first kappa shape index (κ1) is 14.8. The van der Waals surface area contributed by atoms with Gasteiger partial charge in [-0.2, -0.15) is 0 Å².